The van der Waals surface area contributed by atoms with E-state index in [1.54, 1.807) is 30.5 Å². The molecule has 0 spiro atoms. The molecule has 2 rings (SSSR count). The van der Waals surface area contributed by atoms with Crippen LogP contribution < -0.4 is 0 Å². The quantitative estimate of drug-likeness (QED) is 0.634. The summed E-state index contributed by atoms with van der Waals surface area (Å²) in [5, 5.41) is 0. The first-order valence-electron chi connectivity index (χ1n) is 5.67. The smallest absolute Gasteiger partial charge is 0.337 e. The molecule has 0 atom stereocenters. The van der Waals surface area contributed by atoms with Crippen LogP contribution in [-0.4, -0.2) is 19.3 Å². The van der Waals surface area contributed by atoms with E-state index >= 15 is 0 Å². The first-order chi connectivity index (χ1) is 9.20. The second-order valence-corrected chi connectivity index (χ2v) is 4.67. The summed E-state index contributed by atoms with van der Waals surface area (Å²) < 4.78 is 5.63. The fourth-order valence-corrected chi connectivity index (χ4v) is 1.91. The third-order valence-corrected chi connectivity index (χ3v) is 3.27. The summed E-state index contributed by atoms with van der Waals surface area (Å²) >= 11 is 3.46. The third-order valence-electron chi connectivity index (χ3n) is 2.55. The first-order valence-corrected chi connectivity index (χ1v) is 6.47. The molecule has 0 N–H and O–H groups in total. The van der Waals surface area contributed by atoms with E-state index in [9.17, 15) is 4.79 Å². The van der Waals surface area contributed by atoms with E-state index in [0.29, 0.717) is 5.56 Å². The van der Waals surface area contributed by atoms with Gasteiger partial charge in [0.05, 0.1) is 18.4 Å². The molecule has 4 heteroatoms. The van der Waals surface area contributed by atoms with E-state index in [1.807, 2.05) is 24.3 Å². The van der Waals surface area contributed by atoms with E-state index < -0.39 is 0 Å². The maximum absolute atomic E-state index is 11.3. The number of rotatable bonds is 3. The van der Waals surface area contributed by atoms with Crippen molar-refractivity contribution < 1.29 is 9.53 Å². The minimum atomic E-state index is -0.346. The van der Waals surface area contributed by atoms with Gasteiger partial charge in [-0.2, -0.15) is 0 Å². The normalized spacial score (nSPS) is 10.6. The highest BCUT2D eigenvalue weighted by Gasteiger charge is 2.03. The van der Waals surface area contributed by atoms with Crippen molar-refractivity contribution in [2.24, 2.45) is 4.99 Å². The average Bonchev–Trinajstić information content (AvgIpc) is 2.46. The molecule has 0 heterocycles. The molecule has 0 unspecified atom stereocenters. The van der Waals surface area contributed by atoms with Crippen molar-refractivity contribution in [3.05, 3.63) is 64.1 Å². The van der Waals surface area contributed by atoms with Crippen molar-refractivity contribution in [3.8, 4) is 0 Å². The standard InChI is InChI=1S/C15H12BrNO2/c1-19-15(18)11-6-8-13(9-7-11)17-10-12-4-2-3-5-14(12)16/h2-10H,1H3/b17-10+. The molecule has 19 heavy (non-hydrogen) atoms. The number of carbonyl (C=O) groups is 1. The van der Waals surface area contributed by atoms with Crippen LogP contribution in [0, 0.1) is 0 Å². The molecular weight excluding hydrogens is 306 g/mol. The number of esters is 1. The molecule has 3 nitrogen and oxygen atoms in total. The predicted octanol–water partition coefficient (Wildman–Crippen LogP) is 3.99. The lowest BCUT2D eigenvalue weighted by Gasteiger charge is -2.00. The van der Waals surface area contributed by atoms with E-state index in [-0.39, 0.29) is 5.97 Å². The van der Waals surface area contributed by atoms with Crippen LogP contribution in [0.3, 0.4) is 0 Å². The highest BCUT2D eigenvalue weighted by molar-refractivity contribution is 9.10. The van der Waals surface area contributed by atoms with Gasteiger partial charge in [0.15, 0.2) is 0 Å². The molecule has 0 saturated heterocycles. The summed E-state index contributed by atoms with van der Waals surface area (Å²) in [6.45, 7) is 0. The number of carbonyl (C=O) groups excluding carboxylic acids is 1. The van der Waals surface area contributed by atoms with Gasteiger partial charge < -0.3 is 4.74 Å². The van der Waals surface area contributed by atoms with Crippen LogP contribution in [-0.2, 0) is 4.74 Å². The highest BCUT2D eigenvalue weighted by atomic mass is 79.9. The van der Waals surface area contributed by atoms with Crippen LogP contribution in [0.1, 0.15) is 15.9 Å². The van der Waals surface area contributed by atoms with Gasteiger partial charge in [0.2, 0.25) is 0 Å². The van der Waals surface area contributed by atoms with Gasteiger partial charge in [0.25, 0.3) is 0 Å². The number of hydrogen-bond donors (Lipinski definition) is 0. The van der Waals surface area contributed by atoms with Crippen molar-refractivity contribution in [1.82, 2.24) is 0 Å². The van der Waals surface area contributed by atoms with E-state index in [0.717, 1.165) is 15.7 Å². The van der Waals surface area contributed by atoms with Crippen molar-refractivity contribution in [2.75, 3.05) is 7.11 Å². The Hall–Kier alpha value is -1.94. The predicted molar refractivity (Wildman–Crippen MR) is 79.2 cm³/mol. The number of nitrogens with zero attached hydrogens (tertiary/aromatic N) is 1. The Kier molecular flexibility index (Phi) is 4.47. The summed E-state index contributed by atoms with van der Waals surface area (Å²) in [5.74, 6) is -0.346. The summed E-state index contributed by atoms with van der Waals surface area (Å²) in [7, 11) is 1.36. The van der Waals surface area contributed by atoms with Gasteiger partial charge in [-0.3, -0.25) is 4.99 Å². The summed E-state index contributed by atoms with van der Waals surface area (Å²) in [6, 6.07) is 14.8. The molecule has 0 aliphatic rings. The molecule has 0 bridgehead atoms. The molecule has 2 aromatic carbocycles. The Labute approximate surface area is 120 Å². The van der Waals surface area contributed by atoms with Crippen LogP contribution in [0.2, 0.25) is 0 Å². The van der Waals surface area contributed by atoms with Crippen LogP contribution in [0.5, 0.6) is 0 Å². The van der Waals surface area contributed by atoms with Crippen LogP contribution in [0.15, 0.2) is 58.0 Å². The molecule has 0 aliphatic carbocycles. The van der Waals surface area contributed by atoms with E-state index in [1.165, 1.54) is 7.11 Å². The number of methoxy groups -OCH3 is 1. The molecule has 0 aliphatic heterocycles. The summed E-state index contributed by atoms with van der Waals surface area (Å²) in [6.07, 6.45) is 1.78. The van der Waals surface area contributed by atoms with E-state index in [2.05, 4.69) is 25.7 Å². The third kappa shape index (κ3) is 3.51. The number of ether oxygens (including phenoxy) is 1. The summed E-state index contributed by atoms with van der Waals surface area (Å²) in [4.78, 5) is 15.6. The van der Waals surface area contributed by atoms with Crippen LogP contribution >= 0.6 is 15.9 Å². The van der Waals surface area contributed by atoms with Crippen molar-refractivity contribution >= 4 is 33.8 Å². The molecule has 0 amide bonds. The van der Waals surface area contributed by atoms with Crippen LogP contribution in [0.25, 0.3) is 0 Å². The Morgan fingerprint density at radius 3 is 2.47 bits per heavy atom. The van der Waals surface area contributed by atoms with Crippen LogP contribution in [0.4, 0.5) is 5.69 Å². The lowest BCUT2D eigenvalue weighted by molar-refractivity contribution is 0.0601. The number of benzene rings is 2. The van der Waals surface area contributed by atoms with Gasteiger partial charge in [-0.1, -0.05) is 34.1 Å². The molecule has 0 fully saturated rings. The topological polar surface area (TPSA) is 38.7 Å². The highest BCUT2D eigenvalue weighted by Crippen LogP contribution is 2.17. The van der Waals surface area contributed by atoms with Crippen molar-refractivity contribution in [2.45, 2.75) is 0 Å². The maximum Gasteiger partial charge on any atom is 0.337 e. The zero-order valence-corrected chi connectivity index (χ0v) is 11.9. The Morgan fingerprint density at radius 2 is 1.84 bits per heavy atom. The van der Waals surface area contributed by atoms with Gasteiger partial charge in [-0.25, -0.2) is 4.79 Å². The molecule has 0 radical (unpaired) electrons. The fourth-order valence-electron chi connectivity index (χ4n) is 1.53. The molecular formula is C15H12BrNO2. The second kappa shape index (κ2) is 6.29. The SMILES string of the molecule is COC(=O)c1ccc(/N=C/c2ccccc2Br)cc1. The lowest BCUT2D eigenvalue weighted by atomic mass is 10.2. The Morgan fingerprint density at radius 1 is 1.16 bits per heavy atom. The maximum atomic E-state index is 11.3. The fraction of sp³-hybridized carbons (Fsp3) is 0.0667. The minimum absolute atomic E-state index is 0.346. The van der Waals surface area contributed by atoms with Gasteiger partial charge in [-0.05, 0) is 30.3 Å². The number of aliphatic imine (C=N–C) groups is 1. The zero-order chi connectivity index (χ0) is 13.7. The Balaban J connectivity index is 2.16. The monoisotopic (exact) mass is 317 g/mol. The zero-order valence-electron chi connectivity index (χ0n) is 10.3. The number of halogens is 1. The minimum Gasteiger partial charge on any atom is -0.465 e. The second-order valence-electron chi connectivity index (χ2n) is 3.82. The molecule has 0 saturated carbocycles. The first kappa shape index (κ1) is 13.5. The van der Waals surface area contributed by atoms with Crippen molar-refractivity contribution in [3.63, 3.8) is 0 Å². The van der Waals surface area contributed by atoms with Gasteiger partial charge in [0, 0.05) is 16.3 Å². The summed E-state index contributed by atoms with van der Waals surface area (Å²) in [5.41, 5.74) is 2.30. The molecule has 96 valence electrons. The van der Waals surface area contributed by atoms with Gasteiger partial charge in [-0.15, -0.1) is 0 Å². The molecule has 2 aromatic rings. The number of hydrogen-bond acceptors (Lipinski definition) is 3. The lowest BCUT2D eigenvalue weighted by Crippen LogP contribution is -1.99. The largest absolute Gasteiger partial charge is 0.465 e. The van der Waals surface area contributed by atoms with Gasteiger partial charge in [0.1, 0.15) is 0 Å². The van der Waals surface area contributed by atoms with E-state index in [4.69, 9.17) is 0 Å². The Bertz CT molecular complexity index is 606. The van der Waals surface area contributed by atoms with Crippen molar-refractivity contribution in [1.29, 1.82) is 0 Å². The van der Waals surface area contributed by atoms with Gasteiger partial charge >= 0.3 is 5.97 Å². The molecule has 0 aromatic heterocycles. The average molecular weight is 318 g/mol.